The van der Waals surface area contributed by atoms with Crippen molar-refractivity contribution < 1.29 is 13.9 Å². The molecule has 0 atom stereocenters. The molecule has 2 aromatic carbocycles. The minimum Gasteiger partial charge on any atom is -0.471 e. The van der Waals surface area contributed by atoms with Gasteiger partial charge in [-0.3, -0.25) is 9.48 Å². The summed E-state index contributed by atoms with van der Waals surface area (Å²) in [6.45, 7) is 4.55. The number of rotatable bonds is 7. The van der Waals surface area contributed by atoms with Crippen LogP contribution >= 0.6 is 11.6 Å². The van der Waals surface area contributed by atoms with Crippen LogP contribution in [0.1, 0.15) is 27.2 Å². The second-order valence-corrected chi connectivity index (χ2v) is 7.86. The maximum atomic E-state index is 13.2. The average molecular weight is 454 g/mol. The van der Waals surface area contributed by atoms with E-state index in [1.165, 1.54) is 18.3 Å². The highest BCUT2D eigenvalue weighted by atomic mass is 35.5. The lowest BCUT2D eigenvalue weighted by Crippen LogP contribution is -2.14. The van der Waals surface area contributed by atoms with Crippen molar-refractivity contribution in [3.8, 4) is 5.75 Å². The van der Waals surface area contributed by atoms with Gasteiger partial charge in [0.15, 0.2) is 12.4 Å². The van der Waals surface area contributed by atoms with Crippen molar-refractivity contribution in [1.29, 1.82) is 0 Å². The minimum absolute atomic E-state index is 0.187. The number of hydrogen-bond acceptors (Lipinski definition) is 4. The number of nitrogens with one attached hydrogen (secondary N) is 1. The largest absolute Gasteiger partial charge is 0.471 e. The number of aromatic nitrogens is 4. The first-order chi connectivity index (χ1) is 15.4. The van der Waals surface area contributed by atoms with Gasteiger partial charge < -0.3 is 10.1 Å². The van der Waals surface area contributed by atoms with Crippen LogP contribution in [0, 0.1) is 19.7 Å². The van der Waals surface area contributed by atoms with Crippen molar-refractivity contribution in [2.24, 2.45) is 0 Å². The molecule has 4 aromatic rings. The molecule has 1 amide bonds. The van der Waals surface area contributed by atoms with Gasteiger partial charge in [-0.15, -0.1) is 0 Å². The Balaban J connectivity index is 1.35. The van der Waals surface area contributed by atoms with Crippen LogP contribution in [0.3, 0.4) is 0 Å². The second kappa shape index (κ2) is 9.23. The summed E-state index contributed by atoms with van der Waals surface area (Å²) in [4.78, 5) is 12.5. The van der Waals surface area contributed by atoms with Crippen LogP contribution in [0.5, 0.6) is 5.75 Å². The summed E-state index contributed by atoms with van der Waals surface area (Å²) < 4.78 is 22.1. The van der Waals surface area contributed by atoms with Gasteiger partial charge in [-0.05, 0) is 60.9 Å². The van der Waals surface area contributed by atoms with E-state index in [4.69, 9.17) is 16.3 Å². The highest BCUT2D eigenvalue weighted by Crippen LogP contribution is 2.19. The molecule has 0 aliphatic carbocycles. The van der Waals surface area contributed by atoms with Crippen molar-refractivity contribution in [2.75, 3.05) is 5.32 Å². The number of anilines is 1. The van der Waals surface area contributed by atoms with E-state index in [1.807, 2.05) is 26.0 Å². The Kier molecular flexibility index (Phi) is 6.23. The molecule has 0 spiro atoms. The van der Waals surface area contributed by atoms with Crippen LogP contribution in [0.25, 0.3) is 0 Å². The van der Waals surface area contributed by atoms with Crippen molar-refractivity contribution in [1.82, 2.24) is 19.6 Å². The molecule has 2 heterocycles. The molecule has 7 nitrogen and oxygen atoms in total. The highest BCUT2D eigenvalue weighted by Gasteiger charge is 2.12. The molecule has 2 aromatic heterocycles. The lowest BCUT2D eigenvalue weighted by molar-refractivity contribution is 0.102. The maximum Gasteiger partial charge on any atom is 0.276 e. The number of benzene rings is 2. The molecule has 0 unspecified atom stereocenters. The fourth-order valence-corrected chi connectivity index (χ4v) is 3.47. The standard InChI is InChI=1S/C23H21ClFN5O2/c1-15-7-16(2)9-20(8-15)32-14-29-6-5-22(28-29)23(31)27-19-11-26-30(13-19)12-17-3-4-18(25)10-21(17)24/h3-11,13H,12,14H2,1-2H3,(H,27,31). The zero-order valence-electron chi connectivity index (χ0n) is 17.5. The molecule has 0 aliphatic heterocycles. The second-order valence-electron chi connectivity index (χ2n) is 7.45. The van der Waals surface area contributed by atoms with E-state index < -0.39 is 5.82 Å². The summed E-state index contributed by atoms with van der Waals surface area (Å²) in [5.41, 5.74) is 3.71. The summed E-state index contributed by atoms with van der Waals surface area (Å²) in [6, 6.07) is 11.8. The van der Waals surface area contributed by atoms with Gasteiger partial charge in [-0.25, -0.2) is 9.07 Å². The average Bonchev–Trinajstić information content (AvgIpc) is 3.37. The third kappa shape index (κ3) is 5.33. The first-order valence-electron chi connectivity index (χ1n) is 9.88. The molecular weight excluding hydrogens is 433 g/mol. The van der Waals surface area contributed by atoms with E-state index in [2.05, 4.69) is 21.6 Å². The number of carbonyl (C=O) groups is 1. The molecule has 1 N–H and O–H groups in total. The lowest BCUT2D eigenvalue weighted by atomic mass is 10.1. The van der Waals surface area contributed by atoms with E-state index in [1.54, 1.807) is 33.9 Å². The minimum atomic E-state index is -0.397. The summed E-state index contributed by atoms with van der Waals surface area (Å²) in [7, 11) is 0. The fourth-order valence-electron chi connectivity index (χ4n) is 3.25. The van der Waals surface area contributed by atoms with Gasteiger partial charge in [-0.2, -0.15) is 10.2 Å². The van der Waals surface area contributed by atoms with Crippen LogP contribution in [0.4, 0.5) is 10.1 Å². The molecule has 0 radical (unpaired) electrons. The fraction of sp³-hybridized carbons (Fsp3) is 0.174. The van der Waals surface area contributed by atoms with E-state index >= 15 is 0 Å². The summed E-state index contributed by atoms with van der Waals surface area (Å²) in [5, 5.41) is 11.5. The third-order valence-corrected chi connectivity index (χ3v) is 5.02. The van der Waals surface area contributed by atoms with Gasteiger partial charge in [-0.1, -0.05) is 23.7 Å². The molecule has 164 valence electrons. The van der Waals surface area contributed by atoms with Crippen molar-refractivity contribution in [3.63, 3.8) is 0 Å². The van der Waals surface area contributed by atoms with E-state index in [9.17, 15) is 9.18 Å². The SMILES string of the molecule is Cc1cc(C)cc(OCn2ccc(C(=O)Nc3cnn(Cc4ccc(F)cc4Cl)c3)n2)c1. The molecule has 0 aliphatic rings. The van der Waals surface area contributed by atoms with Crippen LogP contribution in [-0.4, -0.2) is 25.5 Å². The van der Waals surface area contributed by atoms with Crippen molar-refractivity contribution in [3.05, 3.63) is 94.3 Å². The predicted octanol–water partition coefficient (Wildman–Crippen LogP) is 4.83. The Morgan fingerprint density at radius 3 is 2.66 bits per heavy atom. The molecule has 0 saturated heterocycles. The number of halogens is 2. The molecule has 32 heavy (non-hydrogen) atoms. The Morgan fingerprint density at radius 2 is 1.91 bits per heavy atom. The summed E-state index contributed by atoms with van der Waals surface area (Å²) >= 11 is 6.06. The normalized spacial score (nSPS) is 10.9. The Morgan fingerprint density at radius 1 is 1.12 bits per heavy atom. The zero-order valence-corrected chi connectivity index (χ0v) is 18.3. The van der Waals surface area contributed by atoms with Gasteiger partial charge in [0.25, 0.3) is 5.91 Å². The van der Waals surface area contributed by atoms with E-state index in [0.717, 1.165) is 22.4 Å². The van der Waals surface area contributed by atoms with Gasteiger partial charge in [0.05, 0.1) is 18.4 Å². The topological polar surface area (TPSA) is 74.0 Å². The first kappa shape index (κ1) is 21.6. The molecule has 0 bridgehead atoms. The number of amides is 1. The van der Waals surface area contributed by atoms with Gasteiger partial charge >= 0.3 is 0 Å². The third-order valence-electron chi connectivity index (χ3n) is 4.67. The number of carbonyl (C=O) groups excluding carboxylic acids is 1. The smallest absolute Gasteiger partial charge is 0.276 e. The van der Waals surface area contributed by atoms with Gasteiger partial charge in [0.1, 0.15) is 11.6 Å². The zero-order chi connectivity index (χ0) is 22.7. The van der Waals surface area contributed by atoms with E-state index in [0.29, 0.717) is 17.3 Å². The number of ether oxygens (including phenoxy) is 1. The van der Waals surface area contributed by atoms with Gasteiger partial charge in [0.2, 0.25) is 0 Å². The van der Waals surface area contributed by atoms with Gasteiger partial charge in [0, 0.05) is 17.4 Å². The summed E-state index contributed by atoms with van der Waals surface area (Å²) in [6.07, 6.45) is 4.87. The van der Waals surface area contributed by atoms with Crippen LogP contribution in [-0.2, 0) is 13.3 Å². The highest BCUT2D eigenvalue weighted by molar-refractivity contribution is 6.31. The summed E-state index contributed by atoms with van der Waals surface area (Å²) in [5.74, 6) is -0.0156. The Bertz CT molecular complexity index is 1250. The molecular formula is C23H21ClFN5O2. The predicted molar refractivity (Wildman–Crippen MR) is 119 cm³/mol. The lowest BCUT2D eigenvalue weighted by Gasteiger charge is -2.08. The molecule has 0 fully saturated rings. The van der Waals surface area contributed by atoms with Crippen molar-refractivity contribution in [2.45, 2.75) is 27.1 Å². The molecule has 4 rings (SSSR count). The quantitative estimate of drug-likeness (QED) is 0.435. The monoisotopic (exact) mass is 453 g/mol. The maximum absolute atomic E-state index is 13.2. The number of hydrogen-bond donors (Lipinski definition) is 1. The first-order valence-corrected chi connectivity index (χ1v) is 10.3. The van der Waals surface area contributed by atoms with Crippen LogP contribution in [0.15, 0.2) is 61.1 Å². The van der Waals surface area contributed by atoms with Crippen LogP contribution < -0.4 is 10.1 Å². The van der Waals surface area contributed by atoms with Crippen molar-refractivity contribution >= 4 is 23.2 Å². The Labute approximate surface area is 189 Å². The molecule has 0 saturated carbocycles. The molecule has 9 heteroatoms. The number of nitrogens with zero attached hydrogens (tertiary/aromatic N) is 4. The Hall–Kier alpha value is -3.65. The number of aryl methyl sites for hydroxylation is 2. The van der Waals surface area contributed by atoms with E-state index in [-0.39, 0.29) is 18.3 Å². The van der Waals surface area contributed by atoms with Crippen LogP contribution in [0.2, 0.25) is 5.02 Å².